The molecule has 0 spiro atoms. The maximum absolute atomic E-state index is 6.39. The van der Waals surface area contributed by atoms with Crippen LogP contribution in [-0.2, 0) is 26.1 Å². The van der Waals surface area contributed by atoms with Crippen LogP contribution < -0.4 is 20.9 Å². The van der Waals surface area contributed by atoms with Gasteiger partial charge in [0.25, 0.3) is 0 Å². The largest absolute Gasteiger partial charge is 0.489 e. The van der Waals surface area contributed by atoms with Crippen molar-refractivity contribution in [3.63, 3.8) is 0 Å². The lowest BCUT2D eigenvalue weighted by Crippen LogP contribution is -2.26. The highest BCUT2D eigenvalue weighted by atomic mass is 35.5. The van der Waals surface area contributed by atoms with Gasteiger partial charge in [-0.15, -0.1) is 12.4 Å². The minimum atomic E-state index is 0. The maximum atomic E-state index is 6.39. The smallest absolute Gasteiger partial charge is 0.119 e. The van der Waals surface area contributed by atoms with Crippen molar-refractivity contribution in [3.8, 4) is 11.5 Å². The third-order valence-corrected chi connectivity index (χ3v) is 8.60. The lowest BCUT2D eigenvalue weighted by Gasteiger charge is -2.14. The third-order valence-electron chi connectivity index (χ3n) is 5.99. The molecule has 39 heavy (non-hydrogen) atoms. The van der Waals surface area contributed by atoms with E-state index in [0.29, 0.717) is 13.2 Å². The lowest BCUT2D eigenvalue weighted by atomic mass is 10.1. The van der Waals surface area contributed by atoms with E-state index in [-0.39, 0.29) is 24.5 Å². The molecule has 0 saturated heterocycles. The summed E-state index contributed by atoms with van der Waals surface area (Å²) in [4.78, 5) is 0. The number of hydrogen-bond acceptors (Lipinski definition) is 6. The molecule has 0 saturated carbocycles. The fourth-order valence-corrected chi connectivity index (χ4v) is 6.32. The van der Waals surface area contributed by atoms with E-state index in [1.54, 1.807) is 21.6 Å². The molecule has 206 valence electrons. The highest BCUT2D eigenvalue weighted by molar-refractivity contribution is 8.76. The van der Waals surface area contributed by atoms with Gasteiger partial charge in [-0.2, -0.15) is 0 Å². The first-order valence-corrected chi connectivity index (χ1v) is 15.4. The zero-order chi connectivity index (χ0) is 26.4. The van der Waals surface area contributed by atoms with Crippen LogP contribution in [0.5, 0.6) is 11.5 Å². The summed E-state index contributed by atoms with van der Waals surface area (Å²) < 4.78 is 11.7. The number of benzene rings is 4. The molecule has 0 aliphatic rings. The summed E-state index contributed by atoms with van der Waals surface area (Å²) in [5.41, 5.74) is 17.5. The summed E-state index contributed by atoms with van der Waals surface area (Å²) in [6, 6.07) is 37.1. The molecule has 0 aliphatic carbocycles. The van der Waals surface area contributed by atoms with Gasteiger partial charge in [-0.3, -0.25) is 0 Å². The monoisotopic (exact) mass is 580 g/mol. The molecule has 0 aromatic heterocycles. The Morgan fingerprint density at radius 2 is 0.846 bits per heavy atom. The molecule has 0 unspecified atom stereocenters. The first kappa shape index (κ1) is 30.9. The summed E-state index contributed by atoms with van der Waals surface area (Å²) in [6.07, 6.45) is 1.69. The Kier molecular flexibility index (Phi) is 13.6. The minimum absolute atomic E-state index is 0. The van der Waals surface area contributed by atoms with E-state index in [0.717, 1.165) is 47.0 Å². The van der Waals surface area contributed by atoms with Crippen LogP contribution in [0.3, 0.4) is 0 Å². The Balaban J connectivity index is 0.00000420. The van der Waals surface area contributed by atoms with Crippen LogP contribution in [0.15, 0.2) is 109 Å². The fourth-order valence-electron chi connectivity index (χ4n) is 3.92. The standard InChI is InChI=1S/C32H36N2O2S2.ClH/c33-29(19-25-11-15-31(16-12-25)35-21-27-7-3-1-4-8-27)23-37-38-24-30(34)20-26-13-17-32(18-14-26)36-22-28-9-5-2-6-10-28;/h1-18,29-30H,19-24,33-34H2;1H/t29-,30-;/m1./s1. The van der Waals surface area contributed by atoms with Crippen LogP contribution in [-0.4, -0.2) is 23.6 Å². The van der Waals surface area contributed by atoms with E-state index in [4.69, 9.17) is 20.9 Å². The first-order valence-electron chi connectivity index (χ1n) is 12.9. The van der Waals surface area contributed by atoms with E-state index in [9.17, 15) is 0 Å². The second-order valence-corrected chi connectivity index (χ2v) is 11.9. The summed E-state index contributed by atoms with van der Waals surface area (Å²) in [6.45, 7) is 1.15. The normalized spacial score (nSPS) is 12.3. The second-order valence-electron chi connectivity index (χ2n) is 9.33. The van der Waals surface area contributed by atoms with Gasteiger partial charge in [-0.05, 0) is 59.4 Å². The fraction of sp³-hybridized carbons (Fsp3) is 0.250. The van der Waals surface area contributed by atoms with Crippen LogP contribution >= 0.6 is 34.0 Å². The predicted molar refractivity (Wildman–Crippen MR) is 170 cm³/mol. The molecule has 0 amide bonds. The van der Waals surface area contributed by atoms with Gasteiger partial charge in [0.1, 0.15) is 24.7 Å². The Hall–Kier alpha value is -2.61. The van der Waals surface area contributed by atoms with Crippen LogP contribution in [0.4, 0.5) is 0 Å². The molecule has 4 aromatic rings. The molecule has 0 fully saturated rings. The van der Waals surface area contributed by atoms with Crippen molar-refractivity contribution in [2.45, 2.75) is 38.1 Å². The summed E-state index contributed by atoms with van der Waals surface area (Å²) in [5.74, 6) is 3.52. The average Bonchev–Trinajstić information content (AvgIpc) is 2.96. The van der Waals surface area contributed by atoms with Crippen LogP contribution in [0, 0.1) is 0 Å². The molecule has 7 heteroatoms. The average molecular weight is 581 g/mol. The number of nitrogens with two attached hydrogens (primary N) is 2. The van der Waals surface area contributed by atoms with Crippen molar-refractivity contribution in [1.29, 1.82) is 0 Å². The quantitative estimate of drug-likeness (QED) is 0.116. The Morgan fingerprint density at radius 3 is 1.21 bits per heavy atom. The molecule has 0 heterocycles. The highest BCUT2D eigenvalue weighted by Crippen LogP contribution is 2.24. The number of rotatable bonds is 15. The van der Waals surface area contributed by atoms with E-state index >= 15 is 0 Å². The molecule has 2 atom stereocenters. The van der Waals surface area contributed by atoms with Crippen LogP contribution in [0.1, 0.15) is 22.3 Å². The van der Waals surface area contributed by atoms with Crippen molar-refractivity contribution in [2.24, 2.45) is 11.5 Å². The SMILES string of the molecule is Cl.N[C@@H](CSSC[C@H](N)Cc1ccc(OCc2ccccc2)cc1)Cc1ccc(OCc2ccccc2)cc1. The number of hydrogen-bond donors (Lipinski definition) is 2. The molecular formula is C32H37ClN2O2S2. The summed E-state index contributed by atoms with van der Waals surface area (Å²) >= 11 is 0. The Morgan fingerprint density at radius 1 is 0.487 bits per heavy atom. The van der Waals surface area contributed by atoms with Crippen molar-refractivity contribution < 1.29 is 9.47 Å². The molecule has 4 rings (SSSR count). The summed E-state index contributed by atoms with van der Waals surface area (Å²) in [7, 11) is 3.60. The maximum Gasteiger partial charge on any atom is 0.119 e. The molecule has 0 radical (unpaired) electrons. The first-order chi connectivity index (χ1) is 18.6. The van der Waals surface area contributed by atoms with Gasteiger partial charge in [0, 0.05) is 23.6 Å². The molecular weight excluding hydrogens is 544 g/mol. The number of ether oxygens (including phenoxy) is 2. The lowest BCUT2D eigenvalue weighted by molar-refractivity contribution is 0.306. The van der Waals surface area contributed by atoms with Crippen molar-refractivity contribution in [1.82, 2.24) is 0 Å². The van der Waals surface area contributed by atoms with Gasteiger partial charge < -0.3 is 20.9 Å². The Labute approximate surface area is 246 Å². The van der Waals surface area contributed by atoms with Crippen LogP contribution in [0.25, 0.3) is 0 Å². The molecule has 4 aromatic carbocycles. The van der Waals surface area contributed by atoms with E-state index in [1.807, 2.05) is 60.7 Å². The van der Waals surface area contributed by atoms with E-state index in [1.165, 1.54) is 11.1 Å². The van der Waals surface area contributed by atoms with Gasteiger partial charge in [-0.25, -0.2) is 0 Å². The van der Waals surface area contributed by atoms with Crippen molar-refractivity contribution in [2.75, 3.05) is 11.5 Å². The van der Waals surface area contributed by atoms with E-state index in [2.05, 4.69) is 48.5 Å². The molecule has 0 bridgehead atoms. The second kappa shape index (κ2) is 17.2. The Bertz CT molecular complexity index is 1100. The van der Waals surface area contributed by atoms with Gasteiger partial charge in [-0.1, -0.05) is 107 Å². The molecule has 0 aliphatic heterocycles. The third kappa shape index (κ3) is 11.6. The van der Waals surface area contributed by atoms with Crippen LogP contribution in [0.2, 0.25) is 0 Å². The van der Waals surface area contributed by atoms with Gasteiger partial charge in [0.15, 0.2) is 0 Å². The minimum Gasteiger partial charge on any atom is -0.489 e. The van der Waals surface area contributed by atoms with Gasteiger partial charge in [0.2, 0.25) is 0 Å². The van der Waals surface area contributed by atoms with Gasteiger partial charge >= 0.3 is 0 Å². The molecule has 4 nitrogen and oxygen atoms in total. The van der Waals surface area contributed by atoms with Crippen molar-refractivity contribution in [3.05, 3.63) is 131 Å². The highest BCUT2D eigenvalue weighted by Gasteiger charge is 2.09. The predicted octanol–water partition coefficient (Wildman–Crippen LogP) is 7.09. The zero-order valence-electron chi connectivity index (χ0n) is 22.0. The van der Waals surface area contributed by atoms with Crippen molar-refractivity contribution >= 4 is 34.0 Å². The summed E-state index contributed by atoms with van der Waals surface area (Å²) in [5, 5.41) is 0. The zero-order valence-corrected chi connectivity index (χ0v) is 24.4. The molecule has 4 N–H and O–H groups in total. The van der Waals surface area contributed by atoms with E-state index < -0.39 is 0 Å². The van der Waals surface area contributed by atoms with Gasteiger partial charge in [0.05, 0.1) is 0 Å². The topological polar surface area (TPSA) is 70.5 Å². The number of halogens is 1.